The molecule has 0 bridgehead atoms. The van der Waals surface area contributed by atoms with Crippen molar-refractivity contribution < 1.29 is 17.9 Å². The average molecular weight is 327 g/mol. The highest BCUT2D eigenvalue weighted by atomic mass is 32.2. The molecule has 2 rings (SSSR count). The smallest absolute Gasteiger partial charge is 0.243 e. The standard InChI is InChI=1S/C16H25NO4S/c1-3-4-5-10-21-16-7-6-15(13-14(16)2)22(18,19)17-8-11-20-12-9-17/h6-7,13H,3-5,8-12H2,1-2H3. The van der Waals surface area contributed by atoms with Crippen molar-refractivity contribution >= 4 is 10.0 Å². The van der Waals surface area contributed by atoms with Crippen LogP contribution in [0, 0.1) is 6.92 Å². The molecular weight excluding hydrogens is 302 g/mol. The molecule has 0 atom stereocenters. The summed E-state index contributed by atoms with van der Waals surface area (Å²) in [5, 5.41) is 0. The first kappa shape index (κ1) is 17.2. The van der Waals surface area contributed by atoms with Gasteiger partial charge in [-0.3, -0.25) is 0 Å². The van der Waals surface area contributed by atoms with Crippen molar-refractivity contribution in [3.63, 3.8) is 0 Å². The van der Waals surface area contributed by atoms with E-state index in [1.54, 1.807) is 18.2 Å². The van der Waals surface area contributed by atoms with Gasteiger partial charge in [0.05, 0.1) is 24.7 Å². The Labute approximate surface area is 133 Å². The number of ether oxygens (including phenoxy) is 2. The lowest BCUT2D eigenvalue weighted by Crippen LogP contribution is -2.40. The minimum atomic E-state index is -3.43. The first-order valence-corrected chi connectivity index (χ1v) is 9.31. The molecule has 0 N–H and O–H groups in total. The summed E-state index contributed by atoms with van der Waals surface area (Å²) >= 11 is 0. The molecule has 1 heterocycles. The van der Waals surface area contributed by atoms with Crippen LogP contribution in [0.15, 0.2) is 23.1 Å². The van der Waals surface area contributed by atoms with Gasteiger partial charge in [0.25, 0.3) is 0 Å². The fraction of sp³-hybridized carbons (Fsp3) is 0.625. The number of hydrogen-bond donors (Lipinski definition) is 0. The molecule has 0 amide bonds. The van der Waals surface area contributed by atoms with Crippen LogP contribution in [-0.2, 0) is 14.8 Å². The van der Waals surface area contributed by atoms with Crippen LogP contribution in [0.25, 0.3) is 0 Å². The summed E-state index contributed by atoms with van der Waals surface area (Å²) in [4.78, 5) is 0.327. The third-order valence-electron chi connectivity index (χ3n) is 3.76. The Balaban J connectivity index is 2.07. The Bertz CT molecular complexity index is 580. The predicted molar refractivity (Wildman–Crippen MR) is 85.8 cm³/mol. The van der Waals surface area contributed by atoms with Crippen molar-refractivity contribution in [2.45, 2.75) is 38.0 Å². The maximum absolute atomic E-state index is 12.6. The van der Waals surface area contributed by atoms with E-state index in [1.807, 2.05) is 6.92 Å². The van der Waals surface area contributed by atoms with Crippen LogP contribution in [0.5, 0.6) is 5.75 Å². The third-order valence-corrected chi connectivity index (χ3v) is 5.65. The van der Waals surface area contributed by atoms with Crippen LogP contribution < -0.4 is 4.74 Å². The van der Waals surface area contributed by atoms with Gasteiger partial charge in [0.15, 0.2) is 0 Å². The van der Waals surface area contributed by atoms with Gasteiger partial charge < -0.3 is 9.47 Å². The van der Waals surface area contributed by atoms with Crippen molar-refractivity contribution in [2.24, 2.45) is 0 Å². The van der Waals surface area contributed by atoms with Crippen LogP contribution in [0.2, 0.25) is 0 Å². The van der Waals surface area contributed by atoms with Crippen LogP contribution in [0.3, 0.4) is 0 Å². The minimum absolute atomic E-state index is 0.327. The van der Waals surface area contributed by atoms with Crippen molar-refractivity contribution in [1.29, 1.82) is 0 Å². The summed E-state index contributed by atoms with van der Waals surface area (Å²) in [6, 6.07) is 5.08. The first-order valence-electron chi connectivity index (χ1n) is 7.87. The summed E-state index contributed by atoms with van der Waals surface area (Å²) in [6.45, 7) is 6.44. The van der Waals surface area contributed by atoms with E-state index in [4.69, 9.17) is 9.47 Å². The highest BCUT2D eigenvalue weighted by Crippen LogP contribution is 2.24. The highest BCUT2D eigenvalue weighted by molar-refractivity contribution is 7.89. The van der Waals surface area contributed by atoms with Gasteiger partial charge in [-0.2, -0.15) is 4.31 Å². The van der Waals surface area contributed by atoms with E-state index in [1.165, 1.54) is 4.31 Å². The van der Waals surface area contributed by atoms with E-state index in [0.29, 0.717) is 37.8 Å². The normalized spacial score (nSPS) is 16.6. The van der Waals surface area contributed by atoms with Crippen LogP contribution in [0.4, 0.5) is 0 Å². The topological polar surface area (TPSA) is 55.8 Å². The Morgan fingerprint density at radius 2 is 1.95 bits per heavy atom. The van der Waals surface area contributed by atoms with Crippen LogP contribution in [0.1, 0.15) is 31.7 Å². The molecule has 6 heteroatoms. The lowest BCUT2D eigenvalue weighted by molar-refractivity contribution is 0.0730. The maximum atomic E-state index is 12.6. The third kappa shape index (κ3) is 4.21. The lowest BCUT2D eigenvalue weighted by atomic mass is 10.2. The minimum Gasteiger partial charge on any atom is -0.493 e. The number of morpholine rings is 1. The quantitative estimate of drug-likeness (QED) is 0.722. The zero-order valence-electron chi connectivity index (χ0n) is 13.4. The van der Waals surface area contributed by atoms with E-state index in [9.17, 15) is 8.42 Å². The zero-order valence-corrected chi connectivity index (χ0v) is 14.2. The van der Waals surface area contributed by atoms with E-state index < -0.39 is 10.0 Å². The second-order valence-corrected chi connectivity index (χ2v) is 7.44. The molecule has 22 heavy (non-hydrogen) atoms. The molecule has 1 fully saturated rings. The fourth-order valence-corrected chi connectivity index (χ4v) is 3.91. The van der Waals surface area contributed by atoms with E-state index in [0.717, 1.165) is 30.6 Å². The van der Waals surface area contributed by atoms with Crippen molar-refractivity contribution in [1.82, 2.24) is 4.31 Å². The molecule has 0 aliphatic carbocycles. The van der Waals surface area contributed by atoms with Gasteiger partial charge in [0.1, 0.15) is 5.75 Å². The summed E-state index contributed by atoms with van der Waals surface area (Å²) < 4.78 is 37.6. The Hall–Kier alpha value is -1.11. The number of aryl methyl sites for hydroxylation is 1. The number of rotatable bonds is 7. The summed E-state index contributed by atoms with van der Waals surface area (Å²) in [6.07, 6.45) is 3.31. The second-order valence-electron chi connectivity index (χ2n) is 5.50. The highest BCUT2D eigenvalue weighted by Gasteiger charge is 2.26. The SMILES string of the molecule is CCCCCOc1ccc(S(=O)(=O)N2CCOCC2)cc1C. The molecule has 0 radical (unpaired) electrons. The van der Waals surface area contributed by atoms with E-state index >= 15 is 0 Å². The molecule has 1 aromatic rings. The van der Waals surface area contributed by atoms with Crippen LogP contribution in [-0.4, -0.2) is 45.6 Å². The Morgan fingerprint density at radius 3 is 2.59 bits per heavy atom. The van der Waals surface area contributed by atoms with Crippen LogP contribution >= 0.6 is 0 Å². The summed E-state index contributed by atoms with van der Waals surface area (Å²) in [7, 11) is -3.43. The zero-order chi connectivity index (χ0) is 16.0. The molecule has 1 aliphatic heterocycles. The van der Waals surface area contributed by atoms with Crippen molar-refractivity contribution in [2.75, 3.05) is 32.9 Å². The average Bonchev–Trinajstić information content (AvgIpc) is 2.53. The molecule has 1 aliphatic rings. The molecule has 124 valence electrons. The van der Waals surface area contributed by atoms with Gasteiger partial charge in [-0.1, -0.05) is 19.8 Å². The molecule has 1 saturated heterocycles. The predicted octanol–water partition coefficient (Wildman–Crippen LogP) is 2.58. The monoisotopic (exact) mass is 327 g/mol. The van der Waals surface area contributed by atoms with E-state index in [-0.39, 0.29) is 0 Å². The summed E-state index contributed by atoms with van der Waals surface area (Å²) in [5.74, 6) is 0.761. The molecule has 1 aromatic carbocycles. The number of nitrogens with zero attached hydrogens (tertiary/aromatic N) is 1. The number of unbranched alkanes of at least 4 members (excludes halogenated alkanes) is 2. The van der Waals surface area contributed by atoms with Gasteiger partial charge in [0, 0.05) is 13.1 Å². The largest absolute Gasteiger partial charge is 0.493 e. The number of benzene rings is 1. The Morgan fingerprint density at radius 1 is 1.23 bits per heavy atom. The van der Waals surface area contributed by atoms with Gasteiger partial charge in [0.2, 0.25) is 10.0 Å². The first-order chi connectivity index (χ1) is 10.6. The van der Waals surface area contributed by atoms with Gasteiger partial charge in [-0.15, -0.1) is 0 Å². The molecule has 0 aromatic heterocycles. The molecule has 5 nitrogen and oxygen atoms in total. The second kappa shape index (κ2) is 7.94. The molecular formula is C16H25NO4S. The van der Waals surface area contributed by atoms with Gasteiger partial charge in [-0.25, -0.2) is 8.42 Å². The van der Waals surface area contributed by atoms with Crippen molar-refractivity contribution in [3.8, 4) is 5.75 Å². The lowest BCUT2D eigenvalue weighted by Gasteiger charge is -2.26. The van der Waals surface area contributed by atoms with Crippen molar-refractivity contribution in [3.05, 3.63) is 23.8 Å². The molecule has 0 saturated carbocycles. The maximum Gasteiger partial charge on any atom is 0.243 e. The Kier molecular flexibility index (Phi) is 6.23. The molecule has 0 spiro atoms. The number of sulfonamides is 1. The fourth-order valence-electron chi connectivity index (χ4n) is 2.41. The van der Waals surface area contributed by atoms with Gasteiger partial charge >= 0.3 is 0 Å². The number of hydrogen-bond acceptors (Lipinski definition) is 4. The molecule has 0 unspecified atom stereocenters. The van der Waals surface area contributed by atoms with E-state index in [2.05, 4.69) is 6.92 Å². The summed E-state index contributed by atoms with van der Waals surface area (Å²) in [5.41, 5.74) is 0.853. The van der Waals surface area contributed by atoms with Gasteiger partial charge in [-0.05, 0) is 37.1 Å².